The maximum Gasteiger partial charge on any atom is 0.0790 e. The highest BCUT2D eigenvalue weighted by molar-refractivity contribution is 5.06. The zero-order valence-corrected chi connectivity index (χ0v) is 13.5. The Bertz CT molecular complexity index is 295. The van der Waals surface area contributed by atoms with Gasteiger partial charge in [0.25, 0.3) is 0 Å². The zero-order valence-electron chi connectivity index (χ0n) is 13.5. The molecule has 0 saturated carbocycles. The predicted octanol–water partition coefficient (Wildman–Crippen LogP) is 2.65. The van der Waals surface area contributed by atoms with E-state index in [2.05, 4.69) is 44.8 Å². The van der Waals surface area contributed by atoms with Crippen molar-refractivity contribution in [2.24, 2.45) is 5.92 Å². The van der Waals surface area contributed by atoms with Crippen LogP contribution in [0.15, 0.2) is 0 Å². The Morgan fingerprint density at radius 3 is 2.26 bits per heavy atom. The summed E-state index contributed by atoms with van der Waals surface area (Å²) < 4.78 is 6.37. The summed E-state index contributed by atoms with van der Waals surface area (Å²) in [6, 6.07) is 0.453. The van der Waals surface area contributed by atoms with Gasteiger partial charge in [-0.05, 0) is 60.2 Å². The van der Waals surface area contributed by atoms with Gasteiger partial charge in [0.1, 0.15) is 0 Å². The molecule has 2 heterocycles. The van der Waals surface area contributed by atoms with Crippen LogP contribution < -0.4 is 5.32 Å². The van der Waals surface area contributed by atoms with Crippen molar-refractivity contribution in [1.29, 1.82) is 0 Å². The number of nitrogens with zero attached hydrogens (tertiary/aromatic N) is 1. The Kier molecular flexibility index (Phi) is 4.59. The summed E-state index contributed by atoms with van der Waals surface area (Å²) in [6.07, 6.45) is 4.13. The molecular weight excluding hydrogens is 236 g/mol. The summed E-state index contributed by atoms with van der Waals surface area (Å²) >= 11 is 0. The largest absolute Gasteiger partial charge is 0.368 e. The first-order valence-electron chi connectivity index (χ1n) is 8.03. The quantitative estimate of drug-likeness (QED) is 0.848. The first-order chi connectivity index (χ1) is 8.87. The first-order valence-corrected chi connectivity index (χ1v) is 8.03. The molecule has 19 heavy (non-hydrogen) atoms. The lowest BCUT2D eigenvalue weighted by Crippen LogP contribution is -2.51. The van der Waals surface area contributed by atoms with Gasteiger partial charge < -0.3 is 15.0 Å². The third kappa shape index (κ3) is 3.32. The monoisotopic (exact) mass is 268 g/mol. The third-order valence-electron chi connectivity index (χ3n) is 4.90. The molecule has 112 valence electrons. The number of rotatable bonds is 4. The highest BCUT2D eigenvalue weighted by Crippen LogP contribution is 2.42. The van der Waals surface area contributed by atoms with Crippen LogP contribution in [0.2, 0.25) is 0 Å². The van der Waals surface area contributed by atoms with Gasteiger partial charge in [0, 0.05) is 18.5 Å². The number of nitrogens with one attached hydrogen (secondary N) is 1. The van der Waals surface area contributed by atoms with E-state index in [1.54, 1.807) is 0 Å². The molecule has 2 atom stereocenters. The summed E-state index contributed by atoms with van der Waals surface area (Å²) in [4.78, 5) is 2.64. The second kappa shape index (κ2) is 5.71. The Hall–Kier alpha value is -0.120. The van der Waals surface area contributed by atoms with E-state index in [9.17, 15) is 0 Å². The Morgan fingerprint density at radius 1 is 1.05 bits per heavy atom. The van der Waals surface area contributed by atoms with Crippen LogP contribution in [-0.4, -0.2) is 48.3 Å². The van der Waals surface area contributed by atoms with E-state index < -0.39 is 0 Å². The maximum absolute atomic E-state index is 6.37. The van der Waals surface area contributed by atoms with Gasteiger partial charge in [0.2, 0.25) is 0 Å². The molecule has 3 heteroatoms. The topological polar surface area (TPSA) is 24.5 Å². The van der Waals surface area contributed by atoms with Crippen LogP contribution in [0.3, 0.4) is 0 Å². The van der Waals surface area contributed by atoms with Gasteiger partial charge in [-0.1, -0.05) is 13.3 Å². The van der Waals surface area contributed by atoms with Gasteiger partial charge in [-0.3, -0.25) is 0 Å². The number of hydrogen-bond donors (Lipinski definition) is 1. The lowest BCUT2D eigenvalue weighted by molar-refractivity contribution is -0.0798. The molecule has 0 aliphatic carbocycles. The van der Waals surface area contributed by atoms with E-state index in [4.69, 9.17) is 4.74 Å². The van der Waals surface area contributed by atoms with E-state index in [1.165, 1.54) is 38.9 Å². The smallest absolute Gasteiger partial charge is 0.0790 e. The Balaban J connectivity index is 2.09. The number of likely N-dealkylation sites (tertiary alicyclic amines) is 1. The van der Waals surface area contributed by atoms with E-state index >= 15 is 0 Å². The highest BCUT2D eigenvalue weighted by Gasteiger charge is 2.53. The number of piperidine rings is 1. The molecule has 2 unspecified atom stereocenters. The Morgan fingerprint density at radius 2 is 1.68 bits per heavy atom. The fourth-order valence-electron chi connectivity index (χ4n) is 4.06. The number of likely N-dealkylation sites (N-methyl/N-ethyl adjacent to an activating group) is 1. The van der Waals surface area contributed by atoms with E-state index in [1.807, 2.05) is 0 Å². The van der Waals surface area contributed by atoms with Crippen molar-refractivity contribution in [2.75, 3.05) is 26.2 Å². The molecule has 2 aliphatic heterocycles. The molecule has 2 fully saturated rings. The summed E-state index contributed by atoms with van der Waals surface area (Å²) in [6.45, 7) is 15.9. The zero-order chi connectivity index (χ0) is 14.1. The van der Waals surface area contributed by atoms with Gasteiger partial charge in [-0.15, -0.1) is 0 Å². The fraction of sp³-hybridized carbons (Fsp3) is 1.00. The summed E-state index contributed by atoms with van der Waals surface area (Å²) in [5, 5.41) is 3.68. The highest BCUT2D eigenvalue weighted by atomic mass is 16.5. The Labute approximate surface area is 119 Å². The molecule has 2 saturated heterocycles. The molecular formula is C16H32N2O. The van der Waals surface area contributed by atoms with Gasteiger partial charge in [0.15, 0.2) is 0 Å². The molecule has 0 aromatic heterocycles. The second-order valence-corrected chi connectivity index (χ2v) is 7.31. The molecule has 0 aromatic rings. The van der Waals surface area contributed by atoms with Crippen molar-refractivity contribution in [3.05, 3.63) is 0 Å². The van der Waals surface area contributed by atoms with Crippen molar-refractivity contribution in [2.45, 2.75) is 71.1 Å². The van der Waals surface area contributed by atoms with Crippen molar-refractivity contribution >= 4 is 0 Å². The van der Waals surface area contributed by atoms with Crippen LogP contribution in [0, 0.1) is 5.92 Å². The van der Waals surface area contributed by atoms with Crippen LogP contribution in [0.5, 0.6) is 0 Å². The van der Waals surface area contributed by atoms with Crippen molar-refractivity contribution in [3.8, 4) is 0 Å². The predicted molar refractivity (Wildman–Crippen MR) is 80.5 cm³/mol. The standard InChI is InChI=1S/C16H32N2O/c1-6-17-14-13(12-18-10-8-7-9-11-18)15(2,3)19-16(14,4)5/h13-14,17H,6-12H2,1-5H3. The molecule has 0 amide bonds. The van der Waals surface area contributed by atoms with E-state index in [0.717, 1.165) is 6.54 Å². The molecule has 2 aliphatic rings. The lowest BCUT2D eigenvalue weighted by Gasteiger charge is -2.36. The van der Waals surface area contributed by atoms with Crippen LogP contribution in [0.25, 0.3) is 0 Å². The second-order valence-electron chi connectivity index (χ2n) is 7.31. The average Bonchev–Trinajstić information content (AvgIpc) is 2.49. The van der Waals surface area contributed by atoms with Gasteiger partial charge in [-0.25, -0.2) is 0 Å². The van der Waals surface area contributed by atoms with E-state index in [-0.39, 0.29) is 11.2 Å². The lowest BCUT2D eigenvalue weighted by atomic mass is 9.81. The molecule has 0 spiro atoms. The minimum Gasteiger partial charge on any atom is -0.368 e. The third-order valence-corrected chi connectivity index (χ3v) is 4.90. The van der Waals surface area contributed by atoms with Crippen LogP contribution >= 0.6 is 0 Å². The van der Waals surface area contributed by atoms with Gasteiger partial charge in [0.05, 0.1) is 11.2 Å². The normalized spacial score (nSPS) is 34.6. The molecule has 2 rings (SSSR count). The van der Waals surface area contributed by atoms with Crippen LogP contribution in [-0.2, 0) is 4.74 Å². The van der Waals surface area contributed by atoms with Crippen molar-refractivity contribution in [3.63, 3.8) is 0 Å². The van der Waals surface area contributed by atoms with E-state index in [0.29, 0.717) is 12.0 Å². The summed E-state index contributed by atoms with van der Waals surface area (Å²) in [5.41, 5.74) is -0.103. The molecule has 1 N–H and O–H groups in total. The summed E-state index contributed by atoms with van der Waals surface area (Å²) in [5.74, 6) is 0.570. The van der Waals surface area contributed by atoms with Crippen LogP contribution in [0.4, 0.5) is 0 Å². The first kappa shape index (κ1) is 15.3. The number of hydrogen-bond acceptors (Lipinski definition) is 3. The summed E-state index contributed by atoms with van der Waals surface area (Å²) in [7, 11) is 0. The van der Waals surface area contributed by atoms with Gasteiger partial charge in [-0.2, -0.15) is 0 Å². The molecule has 0 bridgehead atoms. The van der Waals surface area contributed by atoms with Crippen molar-refractivity contribution in [1.82, 2.24) is 10.2 Å². The molecule has 0 radical (unpaired) electrons. The van der Waals surface area contributed by atoms with Gasteiger partial charge >= 0.3 is 0 Å². The molecule has 0 aromatic carbocycles. The van der Waals surface area contributed by atoms with Crippen LogP contribution in [0.1, 0.15) is 53.9 Å². The molecule has 3 nitrogen and oxygen atoms in total. The SMILES string of the molecule is CCNC1C(CN2CCCCC2)C(C)(C)OC1(C)C. The minimum atomic E-state index is -0.0695. The fourth-order valence-corrected chi connectivity index (χ4v) is 4.06. The average molecular weight is 268 g/mol. The minimum absolute atomic E-state index is 0.0339. The number of ether oxygens (including phenoxy) is 1. The van der Waals surface area contributed by atoms with Crippen molar-refractivity contribution < 1.29 is 4.74 Å². The maximum atomic E-state index is 6.37.